The highest BCUT2D eigenvalue weighted by Crippen LogP contribution is 2.25. The van der Waals surface area contributed by atoms with Gasteiger partial charge in [0.1, 0.15) is 17.3 Å². The normalized spacial score (nSPS) is 10.3. The molecule has 0 aliphatic heterocycles. The van der Waals surface area contributed by atoms with E-state index < -0.39 is 5.82 Å². The molecule has 0 spiro atoms. The minimum Gasteiger partial charge on any atom is -0.497 e. The van der Waals surface area contributed by atoms with Crippen molar-refractivity contribution in [3.05, 3.63) is 83.7 Å². The Bertz CT molecular complexity index is 1070. The van der Waals surface area contributed by atoms with Gasteiger partial charge in [0, 0.05) is 11.3 Å². The second-order valence-corrected chi connectivity index (χ2v) is 6.81. The predicted octanol–water partition coefficient (Wildman–Crippen LogP) is 4.21. The van der Waals surface area contributed by atoms with Crippen LogP contribution in [0, 0.1) is 5.82 Å². The summed E-state index contributed by atoms with van der Waals surface area (Å²) in [6, 6.07) is 18.4. The summed E-state index contributed by atoms with van der Waals surface area (Å²) < 4.78 is 24.7. The molecule has 0 aliphatic carbocycles. The van der Waals surface area contributed by atoms with Crippen molar-refractivity contribution >= 4 is 23.2 Å². The van der Waals surface area contributed by atoms with E-state index in [1.807, 2.05) is 30.3 Å². The van der Waals surface area contributed by atoms with Crippen molar-refractivity contribution in [3.8, 4) is 11.5 Å². The van der Waals surface area contributed by atoms with E-state index in [0.29, 0.717) is 22.7 Å². The Morgan fingerprint density at radius 1 is 0.839 bits per heavy atom. The van der Waals surface area contributed by atoms with Gasteiger partial charge in [-0.1, -0.05) is 30.3 Å². The number of hydrogen-bond donors (Lipinski definition) is 2. The minimum atomic E-state index is -0.589. The van der Waals surface area contributed by atoms with Crippen LogP contribution < -0.4 is 20.1 Å². The van der Waals surface area contributed by atoms with Gasteiger partial charge >= 0.3 is 0 Å². The second-order valence-electron chi connectivity index (χ2n) is 6.81. The predicted molar refractivity (Wildman–Crippen MR) is 117 cm³/mol. The zero-order valence-corrected chi connectivity index (χ0v) is 17.3. The van der Waals surface area contributed by atoms with Gasteiger partial charge in [-0.15, -0.1) is 0 Å². The third-order valence-electron chi connectivity index (χ3n) is 4.57. The van der Waals surface area contributed by atoms with Crippen molar-refractivity contribution in [2.24, 2.45) is 0 Å². The number of nitrogens with one attached hydrogen (secondary N) is 2. The first-order valence-electron chi connectivity index (χ1n) is 9.62. The molecule has 0 atom stereocenters. The van der Waals surface area contributed by atoms with E-state index in [1.54, 1.807) is 18.2 Å². The summed E-state index contributed by atoms with van der Waals surface area (Å²) in [5.74, 6) is -0.0963. The molecular formula is C24H23FN2O4. The monoisotopic (exact) mass is 422 g/mol. The molecule has 0 heterocycles. The van der Waals surface area contributed by atoms with Crippen molar-refractivity contribution in [2.45, 2.75) is 12.8 Å². The number of halogens is 1. The smallest absolute Gasteiger partial charge is 0.228 e. The average Bonchev–Trinajstić information content (AvgIpc) is 2.76. The Kier molecular flexibility index (Phi) is 7.22. The van der Waals surface area contributed by atoms with Gasteiger partial charge in [-0.25, -0.2) is 4.39 Å². The van der Waals surface area contributed by atoms with Crippen molar-refractivity contribution in [2.75, 3.05) is 24.9 Å². The van der Waals surface area contributed by atoms with Gasteiger partial charge in [-0.3, -0.25) is 9.59 Å². The van der Waals surface area contributed by atoms with Crippen LogP contribution in [0.1, 0.15) is 11.1 Å². The van der Waals surface area contributed by atoms with Gasteiger partial charge in [0.15, 0.2) is 0 Å². The number of amides is 2. The minimum absolute atomic E-state index is 0.00214. The largest absolute Gasteiger partial charge is 0.497 e. The quantitative estimate of drug-likeness (QED) is 0.570. The Balaban J connectivity index is 1.67. The molecule has 0 aromatic heterocycles. The molecule has 7 heteroatoms. The van der Waals surface area contributed by atoms with Gasteiger partial charge < -0.3 is 20.1 Å². The molecule has 31 heavy (non-hydrogen) atoms. The molecule has 0 unspecified atom stereocenters. The maximum Gasteiger partial charge on any atom is 0.228 e. The number of rotatable bonds is 8. The molecule has 2 amide bonds. The van der Waals surface area contributed by atoms with Crippen LogP contribution in [0.2, 0.25) is 0 Å². The molecule has 0 bridgehead atoms. The van der Waals surface area contributed by atoms with Gasteiger partial charge in [-0.2, -0.15) is 0 Å². The Morgan fingerprint density at radius 3 is 2.29 bits per heavy atom. The molecule has 160 valence electrons. The number of methoxy groups -OCH3 is 2. The fourth-order valence-electron chi connectivity index (χ4n) is 3.07. The van der Waals surface area contributed by atoms with Crippen molar-refractivity contribution in [1.82, 2.24) is 0 Å². The highest BCUT2D eigenvalue weighted by atomic mass is 19.1. The van der Waals surface area contributed by atoms with Crippen LogP contribution in [0.15, 0.2) is 66.7 Å². The van der Waals surface area contributed by atoms with Crippen LogP contribution in [-0.2, 0) is 22.4 Å². The zero-order chi connectivity index (χ0) is 22.2. The first kappa shape index (κ1) is 21.8. The Hall–Kier alpha value is -3.87. The maximum atomic E-state index is 14.2. The van der Waals surface area contributed by atoms with Crippen LogP contribution in [0.4, 0.5) is 15.8 Å². The highest BCUT2D eigenvalue weighted by molar-refractivity contribution is 5.95. The number of carbonyl (C=O) groups is 2. The third-order valence-corrected chi connectivity index (χ3v) is 4.57. The van der Waals surface area contributed by atoms with E-state index in [0.717, 1.165) is 5.56 Å². The summed E-state index contributed by atoms with van der Waals surface area (Å²) in [6.45, 7) is 0. The number of carbonyl (C=O) groups excluding carboxylic acids is 2. The molecule has 0 aliphatic rings. The SMILES string of the molecule is COc1ccc(OC)c(CC(=O)Nc2ccc(F)c(NC(=O)Cc3ccccc3)c2)c1. The summed E-state index contributed by atoms with van der Waals surface area (Å²) in [5.41, 5.74) is 1.83. The van der Waals surface area contributed by atoms with Crippen molar-refractivity contribution in [3.63, 3.8) is 0 Å². The summed E-state index contributed by atoms with van der Waals surface area (Å²) >= 11 is 0. The summed E-state index contributed by atoms with van der Waals surface area (Å²) in [4.78, 5) is 24.8. The van der Waals surface area contributed by atoms with Crippen LogP contribution in [0.3, 0.4) is 0 Å². The van der Waals surface area contributed by atoms with Crippen LogP contribution in [0.5, 0.6) is 11.5 Å². The first-order valence-corrected chi connectivity index (χ1v) is 9.62. The average molecular weight is 422 g/mol. The van der Waals surface area contributed by atoms with E-state index in [4.69, 9.17) is 9.47 Å². The topological polar surface area (TPSA) is 76.7 Å². The van der Waals surface area contributed by atoms with E-state index in [1.165, 1.54) is 32.4 Å². The molecule has 2 N–H and O–H groups in total. The lowest BCUT2D eigenvalue weighted by atomic mass is 10.1. The summed E-state index contributed by atoms with van der Waals surface area (Å²) in [5, 5.41) is 5.27. The van der Waals surface area contributed by atoms with Crippen molar-refractivity contribution < 1.29 is 23.5 Å². The lowest BCUT2D eigenvalue weighted by Crippen LogP contribution is -2.17. The van der Waals surface area contributed by atoms with Crippen molar-refractivity contribution in [1.29, 1.82) is 0 Å². The number of hydrogen-bond acceptors (Lipinski definition) is 4. The molecule has 0 saturated heterocycles. The lowest BCUT2D eigenvalue weighted by Gasteiger charge is -2.12. The standard InChI is InChI=1S/C24H23FN2O4/c1-30-19-9-11-22(31-2)17(13-19)14-24(29)26-18-8-10-20(25)21(15-18)27-23(28)12-16-6-4-3-5-7-16/h3-11,13,15H,12,14H2,1-2H3,(H,26,29)(H,27,28). The van der Waals surface area contributed by atoms with Gasteiger partial charge in [0.25, 0.3) is 0 Å². The molecule has 0 radical (unpaired) electrons. The molecule has 6 nitrogen and oxygen atoms in total. The summed E-state index contributed by atoms with van der Waals surface area (Å²) in [6.07, 6.45) is 0.153. The molecular weight excluding hydrogens is 399 g/mol. The maximum absolute atomic E-state index is 14.2. The van der Waals surface area contributed by atoms with Gasteiger partial charge in [0.2, 0.25) is 11.8 Å². The number of benzene rings is 3. The van der Waals surface area contributed by atoms with Gasteiger partial charge in [-0.05, 0) is 42.0 Å². The molecule has 0 saturated carbocycles. The summed E-state index contributed by atoms with van der Waals surface area (Å²) in [7, 11) is 3.06. The fourth-order valence-corrected chi connectivity index (χ4v) is 3.07. The highest BCUT2D eigenvalue weighted by Gasteiger charge is 2.13. The van der Waals surface area contributed by atoms with E-state index >= 15 is 0 Å². The molecule has 3 rings (SSSR count). The van der Waals surface area contributed by atoms with E-state index in [-0.39, 0.29) is 30.3 Å². The number of anilines is 2. The second kappa shape index (κ2) is 10.2. The van der Waals surface area contributed by atoms with Gasteiger partial charge in [0.05, 0.1) is 32.7 Å². The Morgan fingerprint density at radius 2 is 1.58 bits per heavy atom. The van der Waals surface area contributed by atoms with E-state index in [2.05, 4.69) is 10.6 Å². The van der Waals surface area contributed by atoms with Crippen LogP contribution in [0.25, 0.3) is 0 Å². The molecule has 3 aromatic carbocycles. The fraction of sp³-hybridized carbons (Fsp3) is 0.167. The lowest BCUT2D eigenvalue weighted by molar-refractivity contribution is -0.116. The third kappa shape index (κ3) is 6.05. The van der Waals surface area contributed by atoms with Crippen LogP contribution >= 0.6 is 0 Å². The Labute approximate surface area is 180 Å². The molecule has 0 fully saturated rings. The van der Waals surface area contributed by atoms with Crippen LogP contribution in [-0.4, -0.2) is 26.0 Å². The molecule has 3 aromatic rings. The zero-order valence-electron chi connectivity index (χ0n) is 17.3. The number of ether oxygens (including phenoxy) is 2. The first-order chi connectivity index (χ1) is 15.0. The van der Waals surface area contributed by atoms with E-state index in [9.17, 15) is 14.0 Å².